The molecular formula is C20H23N5O. The van der Waals surface area contributed by atoms with Gasteiger partial charge in [-0.15, -0.1) is 0 Å². The van der Waals surface area contributed by atoms with Crippen LogP contribution in [0.1, 0.15) is 16.1 Å². The third-order valence-corrected chi connectivity index (χ3v) is 4.82. The number of hydrogen-bond acceptors (Lipinski definition) is 4. The summed E-state index contributed by atoms with van der Waals surface area (Å²) in [5, 5.41) is 5.42. The quantitative estimate of drug-likeness (QED) is 0.728. The monoisotopic (exact) mass is 349 g/mol. The number of pyridine rings is 1. The predicted octanol–water partition coefficient (Wildman–Crippen LogP) is 2.27. The lowest BCUT2D eigenvalue weighted by molar-refractivity contribution is 0.0711. The molecule has 0 radical (unpaired) electrons. The average Bonchev–Trinajstić information content (AvgIpc) is 2.99. The lowest BCUT2D eigenvalue weighted by Gasteiger charge is -2.26. The molecule has 3 aromatic rings. The number of carbonyl (C=O) groups is 1. The number of rotatable bonds is 3. The molecule has 4 rings (SSSR count). The minimum Gasteiger partial charge on any atom is -0.332 e. The molecule has 1 aromatic carbocycles. The van der Waals surface area contributed by atoms with Gasteiger partial charge < -0.3 is 9.80 Å². The molecule has 0 saturated heterocycles. The molecule has 0 unspecified atom stereocenters. The molecular weight excluding hydrogens is 326 g/mol. The first-order valence-electron chi connectivity index (χ1n) is 8.89. The molecule has 134 valence electrons. The Morgan fingerprint density at radius 2 is 2.08 bits per heavy atom. The minimum absolute atomic E-state index is 0.0293. The van der Waals surface area contributed by atoms with E-state index in [4.69, 9.17) is 0 Å². The van der Waals surface area contributed by atoms with Crippen molar-refractivity contribution in [1.29, 1.82) is 0 Å². The summed E-state index contributed by atoms with van der Waals surface area (Å²) < 4.78 is 2.03. The number of carbonyl (C=O) groups excluding carboxylic acids is 1. The molecule has 0 fully saturated rings. The Hall–Kier alpha value is -2.73. The second-order valence-electron chi connectivity index (χ2n) is 7.24. The van der Waals surface area contributed by atoms with Gasteiger partial charge in [-0.25, -0.2) is 0 Å². The summed E-state index contributed by atoms with van der Waals surface area (Å²) in [6.45, 7) is 3.04. The van der Waals surface area contributed by atoms with E-state index < -0.39 is 0 Å². The van der Waals surface area contributed by atoms with Gasteiger partial charge in [0, 0.05) is 43.3 Å². The van der Waals surface area contributed by atoms with E-state index in [0.29, 0.717) is 24.6 Å². The van der Waals surface area contributed by atoms with Crippen LogP contribution in [0.5, 0.6) is 0 Å². The number of fused-ring (bicyclic) bond motifs is 2. The second-order valence-corrected chi connectivity index (χ2v) is 7.24. The highest BCUT2D eigenvalue weighted by Crippen LogP contribution is 2.20. The van der Waals surface area contributed by atoms with E-state index in [1.54, 1.807) is 6.20 Å². The van der Waals surface area contributed by atoms with Crippen LogP contribution in [-0.2, 0) is 13.1 Å². The molecule has 0 saturated carbocycles. The van der Waals surface area contributed by atoms with Crippen molar-refractivity contribution in [3.05, 3.63) is 60.0 Å². The van der Waals surface area contributed by atoms with Crippen molar-refractivity contribution in [3.8, 4) is 0 Å². The van der Waals surface area contributed by atoms with Gasteiger partial charge in [0.05, 0.1) is 23.3 Å². The molecule has 1 atom stereocenters. The zero-order valence-electron chi connectivity index (χ0n) is 15.2. The maximum atomic E-state index is 13.2. The van der Waals surface area contributed by atoms with Crippen LogP contribution < -0.4 is 0 Å². The van der Waals surface area contributed by atoms with E-state index in [1.165, 1.54) is 0 Å². The normalized spacial score (nSPS) is 17.3. The third kappa shape index (κ3) is 3.32. The molecule has 1 aliphatic heterocycles. The summed E-state index contributed by atoms with van der Waals surface area (Å²) >= 11 is 0. The summed E-state index contributed by atoms with van der Waals surface area (Å²) in [5.74, 6) is 0.366. The number of hydrogen-bond donors (Lipinski definition) is 0. The summed E-state index contributed by atoms with van der Waals surface area (Å²) in [7, 11) is 4.13. The molecule has 6 heteroatoms. The summed E-state index contributed by atoms with van der Waals surface area (Å²) in [6.07, 6.45) is 3.50. The van der Waals surface area contributed by atoms with E-state index in [-0.39, 0.29) is 5.91 Å². The Morgan fingerprint density at radius 1 is 1.23 bits per heavy atom. The van der Waals surface area contributed by atoms with Crippen molar-refractivity contribution in [2.75, 3.05) is 27.2 Å². The zero-order valence-corrected chi connectivity index (χ0v) is 15.2. The standard InChI is InChI=1S/C20H23N5O/c1-23(2)11-15-12-24(14-18-7-8-22-25(18)13-15)20(26)17-9-16-5-3-4-6-19(16)21-10-17/h3-10,15H,11-14H2,1-2H3/t15-/m1/s1. The lowest BCUT2D eigenvalue weighted by Crippen LogP contribution is -2.37. The van der Waals surface area contributed by atoms with Gasteiger partial charge >= 0.3 is 0 Å². The first kappa shape index (κ1) is 16.7. The molecule has 26 heavy (non-hydrogen) atoms. The molecule has 2 aromatic heterocycles. The van der Waals surface area contributed by atoms with E-state index in [1.807, 2.05) is 52.2 Å². The Labute approximate surface area is 153 Å². The largest absolute Gasteiger partial charge is 0.332 e. The van der Waals surface area contributed by atoms with Crippen LogP contribution in [0, 0.1) is 5.92 Å². The topological polar surface area (TPSA) is 54.3 Å². The molecule has 0 aliphatic carbocycles. The third-order valence-electron chi connectivity index (χ3n) is 4.82. The number of benzene rings is 1. The van der Waals surface area contributed by atoms with Crippen LogP contribution in [0.15, 0.2) is 48.8 Å². The molecule has 0 N–H and O–H groups in total. The van der Waals surface area contributed by atoms with Crippen LogP contribution in [0.3, 0.4) is 0 Å². The van der Waals surface area contributed by atoms with E-state index in [2.05, 4.69) is 29.1 Å². The Bertz CT molecular complexity index is 933. The fraction of sp³-hybridized carbons (Fsp3) is 0.350. The van der Waals surface area contributed by atoms with Crippen molar-refractivity contribution in [2.24, 2.45) is 5.92 Å². The SMILES string of the molecule is CN(C)C[C@@H]1CN(C(=O)c2cnc3ccccc3c2)Cc2ccnn2C1. The van der Waals surface area contributed by atoms with Crippen molar-refractivity contribution < 1.29 is 4.79 Å². The highest BCUT2D eigenvalue weighted by Gasteiger charge is 2.26. The predicted molar refractivity (Wildman–Crippen MR) is 101 cm³/mol. The Morgan fingerprint density at radius 3 is 2.92 bits per heavy atom. The number of nitrogens with zero attached hydrogens (tertiary/aromatic N) is 5. The first-order chi connectivity index (χ1) is 12.6. The van der Waals surface area contributed by atoms with E-state index >= 15 is 0 Å². The van der Waals surface area contributed by atoms with Crippen LogP contribution in [0.2, 0.25) is 0 Å². The van der Waals surface area contributed by atoms with Crippen molar-refractivity contribution in [2.45, 2.75) is 13.1 Å². The number of para-hydroxylation sites is 1. The smallest absolute Gasteiger partial charge is 0.255 e. The first-order valence-corrected chi connectivity index (χ1v) is 8.89. The van der Waals surface area contributed by atoms with Crippen LogP contribution in [0.25, 0.3) is 10.9 Å². The van der Waals surface area contributed by atoms with Crippen molar-refractivity contribution >= 4 is 16.8 Å². The van der Waals surface area contributed by atoms with Gasteiger partial charge in [0.25, 0.3) is 5.91 Å². The zero-order chi connectivity index (χ0) is 18.1. The second kappa shape index (κ2) is 6.88. The van der Waals surface area contributed by atoms with E-state index in [9.17, 15) is 4.79 Å². The maximum Gasteiger partial charge on any atom is 0.255 e. The summed E-state index contributed by atoms with van der Waals surface area (Å²) in [6, 6.07) is 11.8. The number of amides is 1. The fourth-order valence-corrected chi connectivity index (χ4v) is 3.69. The fourth-order valence-electron chi connectivity index (χ4n) is 3.69. The van der Waals surface area contributed by atoms with Crippen molar-refractivity contribution in [3.63, 3.8) is 0 Å². The molecule has 1 aliphatic rings. The minimum atomic E-state index is 0.0293. The molecule has 0 spiro atoms. The van der Waals surface area contributed by atoms with E-state index in [0.717, 1.165) is 29.7 Å². The van der Waals surface area contributed by atoms with Gasteiger partial charge in [-0.3, -0.25) is 14.5 Å². The molecule has 0 bridgehead atoms. The van der Waals surface area contributed by atoms with Gasteiger partial charge in [0.2, 0.25) is 0 Å². The van der Waals surface area contributed by atoms with Crippen LogP contribution in [0.4, 0.5) is 0 Å². The van der Waals surface area contributed by atoms with Gasteiger partial charge in [-0.1, -0.05) is 18.2 Å². The molecule has 6 nitrogen and oxygen atoms in total. The number of aromatic nitrogens is 3. The Balaban J connectivity index is 1.64. The van der Waals surface area contributed by atoms with Crippen molar-refractivity contribution in [1.82, 2.24) is 24.6 Å². The maximum absolute atomic E-state index is 13.2. The highest BCUT2D eigenvalue weighted by atomic mass is 16.2. The average molecular weight is 349 g/mol. The van der Waals surface area contributed by atoms with Crippen LogP contribution >= 0.6 is 0 Å². The highest BCUT2D eigenvalue weighted by molar-refractivity contribution is 5.97. The van der Waals surface area contributed by atoms with Gasteiger partial charge in [-0.2, -0.15) is 5.10 Å². The summed E-state index contributed by atoms with van der Waals surface area (Å²) in [4.78, 5) is 21.7. The van der Waals surface area contributed by atoms with Gasteiger partial charge in [0.1, 0.15) is 0 Å². The lowest BCUT2D eigenvalue weighted by atomic mass is 10.1. The molecule has 3 heterocycles. The van der Waals surface area contributed by atoms with Gasteiger partial charge in [0.15, 0.2) is 0 Å². The van der Waals surface area contributed by atoms with Crippen LogP contribution in [-0.4, -0.2) is 57.7 Å². The summed E-state index contributed by atoms with van der Waals surface area (Å²) in [5.41, 5.74) is 2.62. The Kier molecular flexibility index (Phi) is 4.42. The molecule has 1 amide bonds. The van der Waals surface area contributed by atoms with Gasteiger partial charge in [-0.05, 0) is 32.3 Å².